The third-order valence-corrected chi connectivity index (χ3v) is 7.97. The largest absolute Gasteiger partial charge is 0.340 e. The van der Waals surface area contributed by atoms with Gasteiger partial charge in [-0.3, -0.25) is 9.59 Å². The monoisotopic (exact) mass is 509 g/mol. The average molecular weight is 510 g/mol. The summed E-state index contributed by atoms with van der Waals surface area (Å²) in [5.41, 5.74) is 5.64. The summed E-state index contributed by atoms with van der Waals surface area (Å²) in [6.07, 6.45) is 1.88. The maximum Gasteiger partial charge on any atom is 0.277 e. The van der Waals surface area contributed by atoms with Gasteiger partial charge in [-0.2, -0.15) is 0 Å². The molecule has 0 spiro atoms. The summed E-state index contributed by atoms with van der Waals surface area (Å²) in [5, 5.41) is 2.08. The van der Waals surface area contributed by atoms with Crippen LogP contribution < -0.4 is 15.7 Å². The van der Waals surface area contributed by atoms with Gasteiger partial charge < -0.3 is 4.57 Å². The lowest BCUT2D eigenvalue weighted by atomic mass is 10.1. The van der Waals surface area contributed by atoms with Gasteiger partial charge in [-0.25, -0.2) is 9.38 Å². The molecule has 0 saturated carbocycles. The number of halogens is 2. The number of thiazole rings is 1. The summed E-state index contributed by atoms with van der Waals surface area (Å²) in [7, 11) is 0. The summed E-state index contributed by atoms with van der Waals surface area (Å²) >= 11 is 13.6. The van der Waals surface area contributed by atoms with E-state index in [-0.39, 0.29) is 11.1 Å². The molecule has 8 heteroatoms. The van der Waals surface area contributed by atoms with Gasteiger partial charge in [0.1, 0.15) is 0 Å². The number of fused-ring (bicyclic) bond motifs is 2. The third-order valence-electron chi connectivity index (χ3n) is 6.26. The molecule has 0 bridgehead atoms. The van der Waals surface area contributed by atoms with Gasteiger partial charge in [0, 0.05) is 40.0 Å². The highest BCUT2D eigenvalue weighted by Gasteiger charge is 2.16. The van der Waals surface area contributed by atoms with Crippen LogP contribution in [0, 0.1) is 27.7 Å². The van der Waals surface area contributed by atoms with Crippen molar-refractivity contribution >= 4 is 56.5 Å². The Kier molecular flexibility index (Phi) is 5.63. The van der Waals surface area contributed by atoms with Crippen LogP contribution in [0.2, 0.25) is 10.0 Å². The van der Waals surface area contributed by atoms with Crippen LogP contribution in [0.1, 0.15) is 33.6 Å². The second-order valence-electron chi connectivity index (χ2n) is 8.52. The third kappa shape index (κ3) is 3.66. The molecule has 0 unspecified atom stereocenters. The van der Waals surface area contributed by atoms with E-state index in [0.717, 1.165) is 33.3 Å². The number of nitrogens with zero attached hydrogens (tertiary/aromatic N) is 3. The molecule has 5 nitrogen and oxygen atoms in total. The molecule has 172 valence electrons. The van der Waals surface area contributed by atoms with Crippen molar-refractivity contribution in [1.29, 1.82) is 0 Å². The first-order valence-corrected chi connectivity index (χ1v) is 12.3. The van der Waals surface area contributed by atoms with Crippen molar-refractivity contribution in [1.82, 2.24) is 14.0 Å². The Labute approximate surface area is 209 Å². The highest BCUT2D eigenvalue weighted by atomic mass is 35.5. The van der Waals surface area contributed by atoms with Gasteiger partial charge >= 0.3 is 0 Å². The summed E-state index contributed by atoms with van der Waals surface area (Å²) < 4.78 is 3.86. The molecule has 0 N–H and O–H groups in total. The Hall–Kier alpha value is -2.93. The fraction of sp³-hybridized carbons (Fsp3) is 0.192. The standard InChI is InChI=1S/C26H21Cl2N3O2S/c1-13-5-8-22-19(9-13)18(16(4)30(22)12-17-6-7-20(27)21(28)10-17)11-23-25(33)31-24(32)14(2)15(3)29-26(31)34-23/h5-11H,12H2,1-4H3/b23-11-. The van der Waals surface area contributed by atoms with Crippen molar-refractivity contribution in [3.63, 3.8) is 0 Å². The fourth-order valence-corrected chi connectivity index (χ4v) is 5.55. The predicted molar refractivity (Wildman–Crippen MR) is 141 cm³/mol. The zero-order valence-electron chi connectivity index (χ0n) is 19.1. The number of hydrogen-bond acceptors (Lipinski definition) is 4. The second-order valence-corrected chi connectivity index (χ2v) is 10.3. The minimum absolute atomic E-state index is 0.307. The summed E-state index contributed by atoms with van der Waals surface area (Å²) in [6.45, 7) is 8.17. The molecule has 0 aliphatic rings. The van der Waals surface area contributed by atoms with Gasteiger partial charge in [0.2, 0.25) is 4.96 Å². The van der Waals surface area contributed by atoms with E-state index >= 15 is 0 Å². The molecule has 0 aliphatic carbocycles. The Bertz CT molecular complexity index is 1800. The number of aryl methyl sites for hydroxylation is 2. The second kappa shape index (κ2) is 8.38. The van der Waals surface area contributed by atoms with Crippen LogP contribution in [0.4, 0.5) is 0 Å². The fourth-order valence-electron chi connectivity index (χ4n) is 4.24. The lowest BCUT2D eigenvalue weighted by Gasteiger charge is -2.10. The van der Waals surface area contributed by atoms with E-state index in [1.165, 1.54) is 15.7 Å². The minimum atomic E-state index is -0.335. The smallest absolute Gasteiger partial charge is 0.277 e. The van der Waals surface area contributed by atoms with Crippen LogP contribution >= 0.6 is 34.5 Å². The van der Waals surface area contributed by atoms with Crippen LogP contribution in [0.5, 0.6) is 0 Å². The normalized spacial score (nSPS) is 12.4. The van der Waals surface area contributed by atoms with Crippen molar-refractivity contribution in [3.05, 3.63) is 105 Å². The highest BCUT2D eigenvalue weighted by Crippen LogP contribution is 2.30. The topological polar surface area (TPSA) is 56.4 Å². The first kappa shape index (κ1) is 22.8. The Morgan fingerprint density at radius 3 is 2.47 bits per heavy atom. The highest BCUT2D eigenvalue weighted by molar-refractivity contribution is 7.15. The van der Waals surface area contributed by atoms with E-state index < -0.39 is 0 Å². The van der Waals surface area contributed by atoms with Gasteiger partial charge in [0.25, 0.3) is 11.1 Å². The van der Waals surface area contributed by atoms with Crippen molar-refractivity contribution in [2.75, 3.05) is 0 Å². The quantitative estimate of drug-likeness (QED) is 0.335. The molecule has 0 radical (unpaired) electrons. The molecule has 0 atom stereocenters. The van der Waals surface area contributed by atoms with Gasteiger partial charge in [0.15, 0.2) is 0 Å². The molecule has 5 rings (SSSR count). The van der Waals surface area contributed by atoms with E-state index in [4.69, 9.17) is 23.2 Å². The van der Waals surface area contributed by atoms with Crippen LogP contribution in [-0.2, 0) is 6.54 Å². The van der Waals surface area contributed by atoms with Crippen molar-refractivity contribution < 1.29 is 0 Å². The molecule has 34 heavy (non-hydrogen) atoms. The Morgan fingerprint density at radius 1 is 0.971 bits per heavy atom. The molecule has 0 aliphatic heterocycles. The number of hydrogen-bond donors (Lipinski definition) is 0. The van der Waals surface area contributed by atoms with Crippen LogP contribution in [0.25, 0.3) is 21.9 Å². The van der Waals surface area contributed by atoms with E-state index in [1.807, 2.05) is 32.1 Å². The number of aromatic nitrogens is 3. The SMILES string of the molecule is Cc1ccc2c(c1)c(/C=c1\sc3nc(C)c(C)c(=O)n3c1=O)c(C)n2Cc1ccc(Cl)c(Cl)c1. The summed E-state index contributed by atoms with van der Waals surface area (Å²) in [5.74, 6) is 0. The lowest BCUT2D eigenvalue weighted by molar-refractivity contribution is 0.804. The summed E-state index contributed by atoms with van der Waals surface area (Å²) in [6, 6.07) is 11.9. The van der Waals surface area contributed by atoms with E-state index in [2.05, 4.69) is 27.8 Å². The molecule has 2 aromatic carbocycles. The minimum Gasteiger partial charge on any atom is -0.340 e. The van der Waals surface area contributed by atoms with Crippen LogP contribution in [-0.4, -0.2) is 14.0 Å². The van der Waals surface area contributed by atoms with Crippen molar-refractivity contribution in [2.45, 2.75) is 34.2 Å². The van der Waals surface area contributed by atoms with Crippen molar-refractivity contribution in [2.24, 2.45) is 0 Å². The zero-order chi connectivity index (χ0) is 24.3. The first-order valence-electron chi connectivity index (χ1n) is 10.7. The molecule has 0 amide bonds. The van der Waals surface area contributed by atoms with Gasteiger partial charge in [-0.1, -0.05) is 52.2 Å². The number of benzene rings is 2. The Morgan fingerprint density at radius 2 is 1.74 bits per heavy atom. The predicted octanol–water partition coefficient (Wildman–Crippen LogP) is 5.21. The molecular formula is C26H21Cl2N3O2S. The average Bonchev–Trinajstić information content (AvgIpc) is 3.23. The van der Waals surface area contributed by atoms with Gasteiger partial charge in [-0.15, -0.1) is 0 Å². The molecular weight excluding hydrogens is 489 g/mol. The molecule has 0 saturated heterocycles. The van der Waals surface area contributed by atoms with E-state index in [9.17, 15) is 9.59 Å². The molecule has 3 heterocycles. The van der Waals surface area contributed by atoms with E-state index in [1.54, 1.807) is 19.9 Å². The van der Waals surface area contributed by atoms with E-state index in [0.29, 0.717) is 37.3 Å². The van der Waals surface area contributed by atoms with Crippen LogP contribution in [0.3, 0.4) is 0 Å². The maximum absolute atomic E-state index is 13.2. The zero-order valence-corrected chi connectivity index (χ0v) is 21.4. The first-order chi connectivity index (χ1) is 16.2. The molecule has 0 fully saturated rings. The molecule has 5 aromatic rings. The maximum atomic E-state index is 13.2. The van der Waals surface area contributed by atoms with Gasteiger partial charge in [0.05, 0.1) is 14.6 Å². The van der Waals surface area contributed by atoms with Crippen molar-refractivity contribution in [3.8, 4) is 0 Å². The number of rotatable bonds is 3. The molecule has 3 aromatic heterocycles. The summed E-state index contributed by atoms with van der Waals surface area (Å²) in [4.78, 5) is 30.8. The Balaban J connectivity index is 1.77. The lowest BCUT2D eigenvalue weighted by Crippen LogP contribution is -2.32. The van der Waals surface area contributed by atoms with Gasteiger partial charge in [-0.05, 0) is 63.6 Å². The van der Waals surface area contributed by atoms with Crippen LogP contribution in [0.15, 0.2) is 46.0 Å².